The zero-order valence-corrected chi connectivity index (χ0v) is 20.8. The van der Waals surface area contributed by atoms with E-state index in [1.54, 1.807) is 56.5 Å². The summed E-state index contributed by atoms with van der Waals surface area (Å²) in [6.07, 6.45) is 1.55. The molecule has 0 radical (unpaired) electrons. The maximum atomic E-state index is 12.3. The first kappa shape index (κ1) is 26.2. The fraction of sp³-hybridized carbons (Fsp3) is 0.259. The van der Waals surface area contributed by atoms with Crippen LogP contribution in [0, 0.1) is 13.8 Å². The van der Waals surface area contributed by atoms with Gasteiger partial charge in [0.1, 0.15) is 11.8 Å². The van der Waals surface area contributed by atoms with Gasteiger partial charge in [0.05, 0.1) is 18.4 Å². The summed E-state index contributed by atoms with van der Waals surface area (Å²) < 4.78 is 12.4. The molecule has 188 valence electrons. The summed E-state index contributed by atoms with van der Waals surface area (Å²) in [6.45, 7) is 7.35. The molecule has 0 saturated carbocycles. The quantitative estimate of drug-likeness (QED) is 0.257. The number of hydrogen-bond acceptors (Lipinski definition) is 6. The molecule has 0 aliphatic rings. The van der Waals surface area contributed by atoms with Crippen LogP contribution in [-0.4, -0.2) is 47.8 Å². The highest BCUT2D eigenvalue weighted by Crippen LogP contribution is 2.20. The van der Waals surface area contributed by atoms with Gasteiger partial charge in [-0.1, -0.05) is 18.2 Å². The molecule has 9 heteroatoms. The summed E-state index contributed by atoms with van der Waals surface area (Å²) >= 11 is 0. The van der Waals surface area contributed by atoms with Crippen LogP contribution in [0.25, 0.3) is 5.69 Å². The van der Waals surface area contributed by atoms with Crippen LogP contribution in [0.3, 0.4) is 0 Å². The number of esters is 1. The number of rotatable bonds is 10. The molecule has 0 spiro atoms. The zero-order chi connectivity index (χ0) is 26.1. The Morgan fingerprint density at radius 1 is 1.06 bits per heavy atom. The third kappa shape index (κ3) is 6.82. The predicted molar refractivity (Wildman–Crippen MR) is 136 cm³/mol. The Hall–Kier alpha value is -4.40. The van der Waals surface area contributed by atoms with Crippen molar-refractivity contribution >= 4 is 24.0 Å². The van der Waals surface area contributed by atoms with Crippen LogP contribution >= 0.6 is 0 Å². The second-order valence-electron chi connectivity index (χ2n) is 8.05. The Morgan fingerprint density at radius 2 is 1.75 bits per heavy atom. The molecule has 36 heavy (non-hydrogen) atoms. The lowest BCUT2D eigenvalue weighted by atomic mass is 10.2. The van der Waals surface area contributed by atoms with Gasteiger partial charge < -0.3 is 19.4 Å². The number of ether oxygens (including phenoxy) is 2. The second-order valence-corrected chi connectivity index (χ2v) is 8.05. The molecule has 1 aromatic heterocycles. The number of amides is 2. The Balaban J connectivity index is 1.56. The number of para-hydroxylation sites is 1. The monoisotopic (exact) mass is 490 g/mol. The van der Waals surface area contributed by atoms with E-state index in [2.05, 4.69) is 15.8 Å². The molecule has 1 atom stereocenters. The van der Waals surface area contributed by atoms with Crippen molar-refractivity contribution in [3.8, 4) is 11.4 Å². The molecular weight excluding hydrogens is 460 g/mol. The summed E-state index contributed by atoms with van der Waals surface area (Å²) in [7, 11) is 0. The van der Waals surface area contributed by atoms with Gasteiger partial charge in [0.15, 0.2) is 6.61 Å². The van der Waals surface area contributed by atoms with Crippen LogP contribution in [0.15, 0.2) is 65.8 Å². The van der Waals surface area contributed by atoms with Gasteiger partial charge >= 0.3 is 5.97 Å². The number of carbonyl (C=O) groups excluding carboxylic acids is 3. The van der Waals surface area contributed by atoms with E-state index in [0.717, 1.165) is 22.6 Å². The Labute approximate surface area is 210 Å². The standard InChI is InChI=1S/C27H30N4O5/c1-5-35-27(34)21-11-13-23(14-12-21)31-18(2)15-22(20(31)4)16-28-30-26(33)19(3)29-25(32)17-36-24-9-7-6-8-10-24/h6-16,19H,5,17H2,1-4H3,(H,29,32)(H,30,33)/b28-16-. The highest BCUT2D eigenvalue weighted by atomic mass is 16.5. The first-order valence-electron chi connectivity index (χ1n) is 11.6. The van der Waals surface area contributed by atoms with Crippen LogP contribution in [0.4, 0.5) is 0 Å². The fourth-order valence-electron chi connectivity index (χ4n) is 3.55. The van der Waals surface area contributed by atoms with Gasteiger partial charge in [0, 0.05) is 22.6 Å². The first-order valence-corrected chi connectivity index (χ1v) is 11.6. The number of nitrogens with one attached hydrogen (secondary N) is 2. The van der Waals surface area contributed by atoms with Gasteiger partial charge in [-0.2, -0.15) is 5.10 Å². The van der Waals surface area contributed by atoms with Crippen LogP contribution < -0.4 is 15.5 Å². The summed E-state index contributed by atoms with van der Waals surface area (Å²) in [5, 5.41) is 6.63. The van der Waals surface area contributed by atoms with Gasteiger partial charge in [-0.05, 0) is 70.2 Å². The number of carbonyl (C=O) groups is 3. The molecule has 3 rings (SSSR count). The third-order valence-electron chi connectivity index (χ3n) is 5.37. The maximum Gasteiger partial charge on any atom is 0.338 e. The number of hydrogen-bond donors (Lipinski definition) is 2. The minimum Gasteiger partial charge on any atom is -0.484 e. The molecule has 0 fully saturated rings. The molecule has 2 amide bonds. The SMILES string of the molecule is CCOC(=O)c1ccc(-n2c(C)cc(/C=N\NC(=O)C(C)NC(=O)COc3ccccc3)c2C)cc1. The fourth-order valence-corrected chi connectivity index (χ4v) is 3.55. The van der Waals surface area contributed by atoms with E-state index in [4.69, 9.17) is 9.47 Å². The van der Waals surface area contributed by atoms with E-state index in [0.29, 0.717) is 17.9 Å². The molecule has 0 bridgehead atoms. The van der Waals surface area contributed by atoms with Crippen molar-refractivity contribution < 1.29 is 23.9 Å². The third-order valence-corrected chi connectivity index (χ3v) is 5.37. The summed E-state index contributed by atoms with van der Waals surface area (Å²) in [4.78, 5) is 36.3. The number of aryl methyl sites for hydroxylation is 1. The predicted octanol–water partition coefficient (Wildman–Crippen LogP) is 3.30. The zero-order valence-electron chi connectivity index (χ0n) is 20.8. The lowest BCUT2D eigenvalue weighted by Crippen LogP contribution is -2.45. The molecule has 0 saturated heterocycles. The van der Waals surface area contributed by atoms with E-state index < -0.39 is 17.9 Å². The summed E-state index contributed by atoms with van der Waals surface area (Å²) in [6, 6.07) is 17.2. The molecule has 2 N–H and O–H groups in total. The van der Waals surface area contributed by atoms with Gasteiger partial charge in [0.25, 0.3) is 11.8 Å². The van der Waals surface area contributed by atoms with E-state index in [9.17, 15) is 14.4 Å². The average Bonchev–Trinajstić information content (AvgIpc) is 3.16. The smallest absolute Gasteiger partial charge is 0.338 e. The molecule has 0 aliphatic heterocycles. The van der Waals surface area contributed by atoms with E-state index in [1.165, 1.54) is 0 Å². The number of nitrogens with zero attached hydrogens (tertiary/aromatic N) is 2. The van der Waals surface area contributed by atoms with Crippen molar-refractivity contribution in [3.63, 3.8) is 0 Å². The minimum absolute atomic E-state index is 0.197. The summed E-state index contributed by atoms with van der Waals surface area (Å²) in [5.74, 6) is -0.657. The number of aromatic nitrogens is 1. The van der Waals surface area contributed by atoms with Crippen molar-refractivity contribution in [1.82, 2.24) is 15.3 Å². The topological polar surface area (TPSA) is 111 Å². The second kappa shape index (κ2) is 12.3. The van der Waals surface area contributed by atoms with Crippen LogP contribution in [-0.2, 0) is 14.3 Å². The molecule has 1 unspecified atom stereocenters. The highest BCUT2D eigenvalue weighted by molar-refractivity contribution is 5.90. The normalized spacial score (nSPS) is 11.7. The van der Waals surface area contributed by atoms with E-state index >= 15 is 0 Å². The largest absolute Gasteiger partial charge is 0.484 e. The van der Waals surface area contributed by atoms with Crippen molar-refractivity contribution in [1.29, 1.82) is 0 Å². The molecule has 0 aliphatic carbocycles. The van der Waals surface area contributed by atoms with Crippen molar-refractivity contribution in [2.45, 2.75) is 33.7 Å². The van der Waals surface area contributed by atoms with E-state index in [-0.39, 0.29) is 12.6 Å². The molecular formula is C27H30N4O5. The van der Waals surface area contributed by atoms with Gasteiger partial charge in [-0.3, -0.25) is 9.59 Å². The van der Waals surface area contributed by atoms with Gasteiger partial charge in [0.2, 0.25) is 0 Å². The minimum atomic E-state index is -0.792. The summed E-state index contributed by atoms with van der Waals surface area (Å²) in [5.41, 5.74) is 6.51. The number of benzene rings is 2. The van der Waals surface area contributed by atoms with Crippen molar-refractivity contribution in [3.05, 3.63) is 83.2 Å². The Bertz CT molecular complexity index is 1230. The molecule has 9 nitrogen and oxygen atoms in total. The average molecular weight is 491 g/mol. The first-order chi connectivity index (χ1) is 17.3. The van der Waals surface area contributed by atoms with Crippen LogP contribution in [0.5, 0.6) is 5.75 Å². The van der Waals surface area contributed by atoms with Gasteiger partial charge in [-0.15, -0.1) is 0 Å². The maximum absolute atomic E-state index is 12.3. The molecule has 1 heterocycles. The number of hydrazone groups is 1. The van der Waals surface area contributed by atoms with Crippen LogP contribution in [0.1, 0.15) is 41.2 Å². The van der Waals surface area contributed by atoms with E-state index in [1.807, 2.05) is 42.7 Å². The molecule has 2 aromatic carbocycles. The lowest BCUT2D eigenvalue weighted by molar-refractivity contribution is -0.129. The highest BCUT2D eigenvalue weighted by Gasteiger charge is 2.16. The Kier molecular flexibility index (Phi) is 8.99. The van der Waals surface area contributed by atoms with Crippen LogP contribution in [0.2, 0.25) is 0 Å². The van der Waals surface area contributed by atoms with Gasteiger partial charge in [-0.25, -0.2) is 10.2 Å². The lowest BCUT2D eigenvalue weighted by Gasteiger charge is -2.12. The van der Waals surface area contributed by atoms with Crippen molar-refractivity contribution in [2.75, 3.05) is 13.2 Å². The van der Waals surface area contributed by atoms with Crippen molar-refractivity contribution in [2.24, 2.45) is 5.10 Å². The molecule has 3 aromatic rings. The Morgan fingerprint density at radius 3 is 2.42 bits per heavy atom.